The number of carbonyl (C=O) groups is 3. The molecule has 0 aliphatic carbocycles. The highest BCUT2D eigenvalue weighted by Crippen LogP contribution is 2.28. The first-order valence-electron chi connectivity index (χ1n) is 17.7. The van der Waals surface area contributed by atoms with Crippen LogP contribution in [0.3, 0.4) is 0 Å². The molecule has 4 N–H and O–H groups in total. The van der Waals surface area contributed by atoms with E-state index in [0.29, 0.717) is 57.2 Å². The van der Waals surface area contributed by atoms with Crippen LogP contribution in [0, 0.1) is 0 Å². The Morgan fingerprint density at radius 2 is 1.56 bits per heavy atom. The third-order valence-corrected chi connectivity index (χ3v) is 8.43. The lowest BCUT2D eigenvalue weighted by Crippen LogP contribution is -2.48. The van der Waals surface area contributed by atoms with Gasteiger partial charge in [0, 0.05) is 13.2 Å². The van der Waals surface area contributed by atoms with Gasteiger partial charge in [-0.1, -0.05) is 67.6 Å². The van der Waals surface area contributed by atoms with Gasteiger partial charge in [-0.25, -0.2) is 19.6 Å². The zero-order chi connectivity index (χ0) is 37.1. The van der Waals surface area contributed by atoms with Gasteiger partial charge in [-0.05, 0) is 68.7 Å². The van der Waals surface area contributed by atoms with Crippen molar-refractivity contribution in [3.05, 3.63) is 84.7 Å². The first-order valence-corrected chi connectivity index (χ1v) is 17.7. The maximum absolute atomic E-state index is 13.2. The van der Waals surface area contributed by atoms with E-state index in [2.05, 4.69) is 54.8 Å². The number of hydrogen-bond acceptors (Lipinski definition) is 8. The molecule has 2 aromatic heterocycles. The number of H-pyrrole nitrogens is 2. The van der Waals surface area contributed by atoms with Crippen LogP contribution in [0.5, 0.6) is 0 Å². The summed E-state index contributed by atoms with van der Waals surface area (Å²) >= 11 is 0. The van der Waals surface area contributed by atoms with E-state index in [4.69, 9.17) is 14.2 Å². The third-order valence-electron chi connectivity index (χ3n) is 8.43. The van der Waals surface area contributed by atoms with Crippen molar-refractivity contribution in [2.75, 3.05) is 26.9 Å². The van der Waals surface area contributed by atoms with Crippen LogP contribution in [-0.2, 0) is 25.5 Å². The normalized spacial score (nSPS) is 17.6. The first-order chi connectivity index (χ1) is 25.0. The zero-order valence-corrected chi connectivity index (χ0v) is 30.5. The maximum Gasteiger partial charge on any atom is 0.410 e. The summed E-state index contributed by atoms with van der Waals surface area (Å²) in [7, 11) is 1.27. The lowest BCUT2D eigenvalue weighted by Gasteiger charge is -2.26. The van der Waals surface area contributed by atoms with Crippen molar-refractivity contribution >= 4 is 18.1 Å². The Hall–Kier alpha value is -5.43. The number of methoxy groups -OCH3 is 1. The van der Waals surface area contributed by atoms with Gasteiger partial charge in [0.25, 0.3) is 0 Å². The van der Waals surface area contributed by atoms with Crippen molar-refractivity contribution in [2.24, 2.45) is 0 Å². The second kappa shape index (κ2) is 17.7. The lowest BCUT2D eigenvalue weighted by atomic mass is 10.0. The Balaban J connectivity index is 1.24. The van der Waals surface area contributed by atoms with E-state index in [9.17, 15) is 14.4 Å². The first kappa shape index (κ1) is 37.8. The Morgan fingerprint density at radius 1 is 0.923 bits per heavy atom. The summed E-state index contributed by atoms with van der Waals surface area (Å²) in [5.41, 5.74) is 5.14. The van der Waals surface area contributed by atoms with Crippen molar-refractivity contribution in [3.63, 3.8) is 0 Å². The molecule has 3 heterocycles. The number of alkyl carbamates (subject to hydrolysis) is 1. The van der Waals surface area contributed by atoms with E-state index >= 15 is 0 Å². The molecule has 1 aliphatic rings. The number of imidazole rings is 2. The topological polar surface area (TPSA) is 164 Å². The van der Waals surface area contributed by atoms with Gasteiger partial charge in [0.1, 0.15) is 23.3 Å². The van der Waals surface area contributed by atoms with Gasteiger partial charge in [-0.15, -0.1) is 0 Å². The maximum atomic E-state index is 13.2. The molecular formula is C39H49N7O6. The van der Waals surface area contributed by atoms with Crippen LogP contribution in [0.4, 0.5) is 9.59 Å². The molecule has 0 saturated carbocycles. The number of carbonyl (C=O) groups excluding carboxylic acids is 3. The van der Waals surface area contributed by atoms with Gasteiger partial charge in [0.2, 0.25) is 5.91 Å². The van der Waals surface area contributed by atoms with Crippen LogP contribution in [0.25, 0.3) is 33.6 Å². The van der Waals surface area contributed by atoms with E-state index in [0.717, 1.165) is 40.1 Å². The van der Waals surface area contributed by atoms with Crippen molar-refractivity contribution in [1.29, 1.82) is 0 Å². The molecule has 0 spiro atoms. The largest absolute Gasteiger partial charge is 0.453 e. The molecule has 2 aromatic carbocycles. The molecule has 3 amide bonds. The van der Waals surface area contributed by atoms with Crippen molar-refractivity contribution in [3.8, 4) is 33.6 Å². The second-order valence-corrected chi connectivity index (χ2v) is 13.6. The zero-order valence-electron chi connectivity index (χ0n) is 30.5. The Bertz CT molecular complexity index is 1810. The minimum atomic E-state index is -0.750. The van der Waals surface area contributed by atoms with Crippen molar-refractivity contribution < 1.29 is 28.6 Å². The van der Waals surface area contributed by atoms with Gasteiger partial charge < -0.3 is 39.7 Å². The average molecular weight is 712 g/mol. The van der Waals surface area contributed by atoms with Crippen LogP contribution < -0.4 is 10.6 Å². The fourth-order valence-electron chi connectivity index (χ4n) is 5.77. The van der Waals surface area contributed by atoms with E-state index in [1.165, 1.54) is 7.11 Å². The molecule has 0 fully saturated rings. The van der Waals surface area contributed by atoms with Crippen LogP contribution in [-0.4, -0.2) is 81.4 Å². The number of aromatic amines is 2. The SMILES string of the molecule is CCCN(Cc1ncc(-c2ccc(-c3ccc(-c4cnc(C5CCOC/C=C\CCC(NC(=O)OC)C(=O)N5)[nH]4)cc3)cc2)[nH]1)C(=O)OC(C)(C)C. The van der Waals surface area contributed by atoms with Gasteiger partial charge in [0.05, 0.1) is 50.1 Å². The van der Waals surface area contributed by atoms with Gasteiger partial charge >= 0.3 is 12.2 Å². The monoisotopic (exact) mass is 711 g/mol. The van der Waals surface area contributed by atoms with E-state index in [-0.39, 0.29) is 12.0 Å². The van der Waals surface area contributed by atoms with Gasteiger partial charge in [0.15, 0.2) is 0 Å². The molecule has 13 nitrogen and oxygen atoms in total. The highest BCUT2D eigenvalue weighted by Gasteiger charge is 2.26. The standard InChI is InChI=1S/C39H49N7O6/c1-6-20-46(38(49)52-39(2,3)4)25-34-40-23-32(42-34)28-15-11-26(12-16-28)27-13-17-29(18-14-27)33-24-41-35(43-33)30-19-22-51-21-9-7-8-10-31(36(47)44-30)45-37(48)50-5/h7,9,11-18,23-24,30-31H,6,8,10,19-22,25H2,1-5H3,(H,40,42)(H,41,43)(H,44,47)(H,45,48)/b9-7-. The van der Waals surface area contributed by atoms with Crippen LogP contribution in [0.2, 0.25) is 0 Å². The number of benzene rings is 2. The van der Waals surface area contributed by atoms with E-state index in [1.54, 1.807) is 17.3 Å². The van der Waals surface area contributed by atoms with Crippen LogP contribution in [0.1, 0.15) is 71.1 Å². The molecule has 0 saturated heterocycles. The molecule has 4 aromatic rings. The molecule has 13 heteroatoms. The highest BCUT2D eigenvalue weighted by atomic mass is 16.6. The average Bonchev–Trinajstić information content (AvgIpc) is 3.81. The lowest BCUT2D eigenvalue weighted by molar-refractivity contribution is -0.124. The molecule has 1 aliphatic heterocycles. The summed E-state index contributed by atoms with van der Waals surface area (Å²) < 4.78 is 16.0. The molecule has 0 radical (unpaired) electrons. The van der Waals surface area contributed by atoms with E-state index < -0.39 is 23.8 Å². The highest BCUT2D eigenvalue weighted by molar-refractivity contribution is 5.86. The number of nitrogens with zero attached hydrogens (tertiary/aromatic N) is 3. The molecule has 276 valence electrons. The summed E-state index contributed by atoms with van der Waals surface area (Å²) in [6, 6.07) is 15.2. The number of rotatable bonds is 9. The fourth-order valence-corrected chi connectivity index (χ4v) is 5.77. The molecule has 2 atom stereocenters. The predicted octanol–water partition coefficient (Wildman–Crippen LogP) is 6.92. The molecule has 2 unspecified atom stereocenters. The number of amides is 3. The summed E-state index contributed by atoms with van der Waals surface area (Å²) in [6.45, 7) is 9.40. The van der Waals surface area contributed by atoms with Crippen molar-refractivity contribution in [2.45, 2.75) is 77.6 Å². The minimum Gasteiger partial charge on any atom is -0.453 e. The Morgan fingerprint density at radius 3 is 2.19 bits per heavy atom. The third kappa shape index (κ3) is 10.5. The van der Waals surface area contributed by atoms with Crippen LogP contribution in [0.15, 0.2) is 73.1 Å². The number of hydrogen-bond donors (Lipinski definition) is 4. The Labute approximate surface area is 304 Å². The molecular weight excluding hydrogens is 662 g/mol. The van der Waals surface area contributed by atoms with E-state index in [1.807, 2.05) is 64.1 Å². The van der Waals surface area contributed by atoms with Crippen molar-refractivity contribution in [1.82, 2.24) is 35.5 Å². The quantitative estimate of drug-likeness (QED) is 0.136. The van der Waals surface area contributed by atoms with Gasteiger partial charge in [-0.2, -0.15) is 0 Å². The molecule has 0 bridgehead atoms. The molecule has 5 rings (SSSR count). The fraction of sp³-hybridized carbons (Fsp3) is 0.410. The second-order valence-electron chi connectivity index (χ2n) is 13.6. The summed E-state index contributed by atoms with van der Waals surface area (Å²) in [4.78, 5) is 55.4. The summed E-state index contributed by atoms with van der Waals surface area (Å²) in [6.07, 6.45) is 8.71. The Kier molecular flexibility index (Phi) is 12.9. The number of allylic oxidation sites excluding steroid dienone is 1. The minimum absolute atomic E-state index is 0.317. The molecule has 52 heavy (non-hydrogen) atoms. The number of nitrogens with one attached hydrogen (secondary N) is 4. The van der Waals surface area contributed by atoms with Gasteiger partial charge in [-0.3, -0.25) is 4.79 Å². The smallest absolute Gasteiger partial charge is 0.410 e. The predicted molar refractivity (Wildman–Crippen MR) is 198 cm³/mol. The summed E-state index contributed by atoms with van der Waals surface area (Å²) in [5.74, 6) is 0.971. The summed E-state index contributed by atoms with van der Waals surface area (Å²) in [5, 5.41) is 5.67. The number of aromatic nitrogens is 4. The van der Waals surface area contributed by atoms with Crippen LogP contribution >= 0.6 is 0 Å². The number of ether oxygens (including phenoxy) is 3.